The Morgan fingerprint density at radius 2 is 2.00 bits per heavy atom. The zero-order valence-electron chi connectivity index (χ0n) is 11.4. The molecule has 7 heteroatoms. The first kappa shape index (κ1) is 16.6. The van der Waals surface area contributed by atoms with Gasteiger partial charge in [-0.1, -0.05) is 15.9 Å². The van der Waals surface area contributed by atoms with Gasteiger partial charge >= 0.3 is 6.18 Å². The predicted molar refractivity (Wildman–Crippen MR) is 76.4 cm³/mol. The molecule has 0 saturated heterocycles. The fourth-order valence-corrected chi connectivity index (χ4v) is 2.11. The summed E-state index contributed by atoms with van der Waals surface area (Å²) in [6, 6.07) is 6.13. The minimum atomic E-state index is -4.29. The lowest BCUT2D eigenvalue weighted by atomic mass is 10.2. The van der Waals surface area contributed by atoms with Gasteiger partial charge in [-0.15, -0.1) is 0 Å². The zero-order valence-corrected chi connectivity index (χ0v) is 13.0. The first-order valence-corrected chi connectivity index (χ1v) is 7.52. The molecule has 0 atom stereocenters. The minimum Gasteiger partial charge on any atom is -0.491 e. The molecule has 0 spiro atoms. The summed E-state index contributed by atoms with van der Waals surface area (Å²) in [5, 5.41) is 3.40. The summed E-state index contributed by atoms with van der Waals surface area (Å²) in [4.78, 5) is 0. The van der Waals surface area contributed by atoms with Crippen LogP contribution >= 0.6 is 15.9 Å². The van der Waals surface area contributed by atoms with Gasteiger partial charge in [-0.3, -0.25) is 0 Å². The van der Waals surface area contributed by atoms with E-state index in [-0.39, 0.29) is 13.2 Å². The molecule has 1 fully saturated rings. The van der Waals surface area contributed by atoms with Crippen molar-refractivity contribution >= 4 is 15.9 Å². The van der Waals surface area contributed by atoms with Crippen LogP contribution in [0.3, 0.4) is 0 Å². The molecule has 1 aromatic rings. The summed E-state index contributed by atoms with van der Waals surface area (Å²) in [7, 11) is 0. The van der Waals surface area contributed by atoms with Gasteiger partial charge in [0.05, 0.1) is 6.61 Å². The molecule has 0 unspecified atom stereocenters. The quantitative estimate of drug-likeness (QED) is 0.711. The molecule has 0 aliphatic heterocycles. The third-order valence-corrected chi connectivity index (χ3v) is 3.71. The second-order valence-corrected chi connectivity index (χ2v) is 5.78. The normalized spacial score (nSPS) is 15.2. The Balaban J connectivity index is 1.73. The number of halogens is 4. The molecule has 0 heterocycles. The van der Waals surface area contributed by atoms with Gasteiger partial charge in [-0.25, -0.2) is 0 Å². The minimum absolute atomic E-state index is 0.0905. The van der Waals surface area contributed by atoms with Gasteiger partial charge in [0, 0.05) is 17.1 Å². The number of nitrogens with one attached hydrogen (secondary N) is 1. The van der Waals surface area contributed by atoms with E-state index in [0.29, 0.717) is 11.8 Å². The van der Waals surface area contributed by atoms with Crippen LogP contribution in [-0.2, 0) is 11.3 Å². The zero-order chi connectivity index (χ0) is 15.3. The number of rotatable bonds is 8. The van der Waals surface area contributed by atoms with Crippen molar-refractivity contribution < 1.29 is 22.6 Å². The van der Waals surface area contributed by atoms with E-state index in [1.807, 2.05) is 12.1 Å². The lowest BCUT2D eigenvalue weighted by Gasteiger charge is -2.11. The number of hydrogen-bond donors (Lipinski definition) is 1. The van der Waals surface area contributed by atoms with Gasteiger partial charge < -0.3 is 14.8 Å². The predicted octanol–water partition coefficient (Wildman–Crippen LogP) is 3.66. The van der Waals surface area contributed by atoms with Crippen LogP contribution in [0.4, 0.5) is 13.2 Å². The molecule has 0 amide bonds. The summed E-state index contributed by atoms with van der Waals surface area (Å²) < 4.78 is 46.5. The smallest absolute Gasteiger partial charge is 0.411 e. The fourth-order valence-electron chi connectivity index (χ4n) is 1.72. The highest BCUT2D eigenvalue weighted by Gasteiger charge is 2.27. The van der Waals surface area contributed by atoms with E-state index in [4.69, 9.17) is 4.74 Å². The van der Waals surface area contributed by atoms with Crippen LogP contribution in [0.1, 0.15) is 18.4 Å². The molecule has 1 saturated carbocycles. The third kappa shape index (κ3) is 6.67. The van der Waals surface area contributed by atoms with E-state index in [0.717, 1.165) is 16.6 Å². The molecule has 0 radical (unpaired) electrons. The molecule has 1 aliphatic carbocycles. The molecule has 1 N–H and O–H groups in total. The molecule has 2 rings (SSSR count). The highest BCUT2D eigenvalue weighted by atomic mass is 79.9. The SMILES string of the molecule is FC(F)(F)COCCOc1ccc(Br)c(CNC2CC2)c1. The van der Waals surface area contributed by atoms with Crippen LogP contribution < -0.4 is 10.1 Å². The van der Waals surface area contributed by atoms with Crippen molar-refractivity contribution in [1.29, 1.82) is 0 Å². The van der Waals surface area contributed by atoms with Crippen molar-refractivity contribution in [1.82, 2.24) is 5.32 Å². The number of alkyl halides is 3. The highest BCUT2D eigenvalue weighted by Crippen LogP contribution is 2.25. The molecule has 21 heavy (non-hydrogen) atoms. The molecule has 0 bridgehead atoms. The maximum absolute atomic E-state index is 11.9. The summed E-state index contributed by atoms with van der Waals surface area (Å²) >= 11 is 3.47. The van der Waals surface area contributed by atoms with Crippen LogP contribution in [0, 0.1) is 0 Å². The maximum Gasteiger partial charge on any atom is 0.411 e. The van der Waals surface area contributed by atoms with E-state index >= 15 is 0 Å². The van der Waals surface area contributed by atoms with Crippen LogP contribution in [0.5, 0.6) is 5.75 Å². The molecule has 118 valence electrons. The summed E-state index contributed by atoms with van der Waals surface area (Å²) in [5.74, 6) is 0.626. The number of ether oxygens (including phenoxy) is 2. The van der Waals surface area contributed by atoms with Gasteiger partial charge in [-0.05, 0) is 36.6 Å². The maximum atomic E-state index is 11.9. The standard InChI is InChI=1S/C14H17BrF3NO2/c15-13-4-3-12(7-10(13)8-19-11-1-2-11)21-6-5-20-9-14(16,17)18/h3-4,7,11,19H,1-2,5-6,8-9H2. The van der Waals surface area contributed by atoms with E-state index in [9.17, 15) is 13.2 Å². The second-order valence-electron chi connectivity index (χ2n) is 4.92. The lowest BCUT2D eigenvalue weighted by Crippen LogP contribution is -2.19. The van der Waals surface area contributed by atoms with E-state index in [1.54, 1.807) is 6.07 Å². The molecular formula is C14H17BrF3NO2. The van der Waals surface area contributed by atoms with Crippen molar-refractivity contribution in [2.45, 2.75) is 31.6 Å². The van der Waals surface area contributed by atoms with Crippen molar-refractivity contribution in [3.63, 3.8) is 0 Å². The van der Waals surface area contributed by atoms with Gasteiger partial charge in [0.15, 0.2) is 0 Å². The molecule has 0 aromatic heterocycles. The van der Waals surface area contributed by atoms with E-state index < -0.39 is 12.8 Å². The first-order valence-electron chi connectivity index (χ1n) is 6.73. The van der Waals surface area contributed by atoms with Crippen molar-refractivity contribution in [3.05, 3.63) is 28.2 Å². The largest absolute Gasteiger partial charge is 0.491 e. The third-order valence-electron chi connectivity index (χ3n) is 2.94. The van der Waals surface area contributed by atoms with Crippen molar-refractivity contribution in [3.8, 4) is 5.75 Å². The number of hydrogen-bond acceptors (Lipinski definition) is 3. The Kier molecular flexibility index (Phi) is 5.89. The fraction of sp³-hybridized carbons (Fsp3) is 0.571. The van der Waals surface area contributed by atoms with Crippen LogP contribution in [0.15, 0.2) is 22.7 Å². The van der Waals surface area contributed by atoms with Crippen molar-refractivity contribution in [2.24, 2.45) is 0 Å². The van der Waals surface area contributed by atoms with Crippen LogP contribution in [-0.4, -0.2) is 32.0 Å². The molecule has 1 aliphatic rings. The van der Waals surface area contributed by atoms with E-state index in [1.165, 1.54) is 12.8 Å². The van der Waals surface area contributed by atoms with Crippen molar-refractivity contribution in [2.75, 3.05) is 19.8 Å². The van der Waals surface area contributed by atoms with Gasteiger partial charge in [0.25, 0.3) is 0 Å². The lowest BCUT2D eigenvalue weighted by molar-refractivity contribution is -0.175. The van der Waals surface area contributed by atoms with E-state index in [2.05, 4.69) is 26.0 Å². The molecule has 3 nitrogen and oxygen atoms in total. The Labute approximate surface area is 129 Å². The Morgan fingerprint density at radius 3 is 2.67 bits per heavy atom. The molecular weight excluding hydrogens is 351 g/mol. The summed E-state index contributed by atoms with van der Waals surface area (Å²) in [6.45, 7) is -0.501. The molecule has 1 aromatic carbocycles. The summed E-state index contributed by atoms with van der Waals surface area (Å²) in [5.41, 5.74) is 1.07. The summed E-state index contributed by atoms with van der Waals surface area (Å²) in [6.07, 6.45) is -1.87. The highest BCUT2D eigenvalue weighted by molar-refractivity contribution is 9.10. The first-order chi connectivity index (χ1) is 9.94. The Bertz CT molecular complexity index is 464. The van der Waals surface area contributed by atoms with Crippen LogP contribution in [0.2, 0.25) is 0 Å². The second kappa shape index (κ2) is 7.47. The Morgan fingerprint density at radius 1 is 1.24 bits per heavy atom. The van der Waals surface area contributed by atoms with Gasteiger partial charge in [0.2, 0.25) is 0 Å². The average Bonchev–Trinajstić information content (AvgIpc) is 3.21. The topological polar surface area (TPSA) is 30.5 Å². The number of benzene rings is 1. The average molecular weight is 368 g/mol. The monoisotopic (exact) mass is 367 g/mol. The van der Waals surface area contributed by atoms with Gasteiger partial charge in [0.1, 0.15) is 19.0 Å². The van der Waals surface area contributed by atoms with Crippen LogP contribution in [0.25, 0.3) is 0 Å². The van der Waals surface area contributed by atoms with Gasteiger partial charge in [-0.2, -0.15) is 13.2 Å². The Hall–Kier alpha value is -0.790.